The molecule has 0 aliphatic heterocycles. The van der Waals surface area contributed by atoms with Crippen LogP contribution >= 0.6 is 22.6 Å². The van der Waals surface area contributed by atoms with Crippen LogP contribution in [0.2, 0.25) is 0 Å². The zero-order valence-corrected chi connectivity index (χ0v) is 11.5. The lowest BCUT2D eigenvalue weighted by Gasteiger charge is -2.38. The Hall–Kier alpha value is -1.18. The Bertz CT molecular complexity index is 514. The maximum Gasteiger partial charge on any atom is 0.329 e. The molecule has 0 atom stereocenters. The number of carbonyl (C=O) groups excluding carboxylic acids is 1. The van der Waals surface area contributed by atoms with Crippen LogP contribution in [0, 0.1) is 9.39 Å². The van der Waals surface area contributed by atoms with E-state index in [1.807, 2.05) is 22.6 Å². The Kier molecular flexibility index (Phi) is 3.56. The maximum atomic E-state index is 12.9. The monoisotopic (exact) mass is 363 g/mol. The first-order valence-corrected chi connectivity index (χ1v) is 6.53. The van der Waals surface area contributed by atoms with Gasteiger partial charge in [-0.3, -0.25) is 4.79 Å². The minimum Gasteiger partial charge on any atom is -0.480 e. The van der Waals surface area contributed by atoms with Crippen molar-refractivity contribution in [2.24, 2.45) is 0 Å². The van der Waals surface area contributed by atoms with Crippen LogP contribution in [0.1, 0.15) is 29.6 Å². The molecule has 1 aromatic carbocycles. The average molecular weight is 363 g/mol. The third-order valence-electron chi connectivity index (χ3n) is 3.15. The molecule has 0 unspecified atom stereocenters. The molecule has 0 saturated heterocycles. The largest absolute Gasteiger partial charge is 0.480 e. The molecule has 1 fully saturated rings. The molecule has 1 saturated carbocycles. The van der Waals surface area contributed by atoms with Gasteiger partial charge < -0.3 is 10.4 Å². The Morgan fingerprint density at radius 2 is 2.06 bits per heavy atom. The van der Waals surface area contributed by atoms with Crippen molar-refractivity contribution >= 4 is 34.5 Å². The summed E-state index contributed by atoms with van der Waals surface area (Å²) in [5, 5.41) is 11.7. The molecular formula is C12H11FINO3. The van der Waals surface area contributed by atoms with Crippen molar-refractivity contribution in [3.8, 4) is 0 Å². The van der Waals surface area contributed by atoms with Gasteiger partial charge in [-0.2, -0.15) is 0 Å². The van der Waals surface area contributed by atoms with Crippen molar-refractivity contribution in [3.63, 3.8) is 0 Å². The fourth-order valence-corrected chi connectivity index (χ4v) is 2.60. The van der Waals surface area contributed by atoms with Gasteiger partial charge in [-0.25, -0.2) is 9.18 Å². The second-order valence-corrected chi connectivity index (χ2v) is 5.48. The molecular weight excluding hydrogens is 352 g/mol. The Morgan fingerprint density at radius 1 is 1.39 bits per heavy atom. The van der Waals surface area contributed by atoms with E-state index in [4.69, 9.17) is 5.11 Å². The summed E-state index contributed by atoms with van der Waals surface area (Å²) in [5.74, 6) is -1.91. The first-order valence-electron chi connectivity index (χ1n) is 5.45. The van der Waals surface area contributed by atoms with Crippen LogP contribution < -0.4 is 5.32 Å². The first-order chi connectivity index (χ1) is 8.44. The zero-order chi connectivity index (χ0) is 13.3. The van der Waals surface area contributed by atoms with Crippen LogP contribution in [0.4, 0.5) is 4.39 Å². The molecule has 1 aliphatic carbocycles. The predicted molar refractivity (Wildman–Crippen MR) is 70.8 cm³/mol. The summed E-state index contributed by atoms with van der Waals surface area (Å²) in [6, 6.07) is 3.79. The summed E-state index contributed by atoms with van der Waals surface area (Å²) in [7, 11) is 0. The smallest absolute Gasteiger partial charge is 0.329 e. The van der Waals surface area contributed by atoms with Gasteiger partial charge >= 0.3 is 5.97 Å². The van der Waals surface area contributed by atoms with Crippen molar-refractivity contribution in [1.82, 2.24) is 5.32 Å². The van der Waals surface area contributed by atoms with Gasteiger partial charge in [0.1, 0.15) is 11.4 Å². The van der Waals surface area contributed by atoms with Gasteiger partial charge in [0.2, 0.25) is 0 Å². The number of carboxylic acid groups (broad SMARTS) is 1. The molecule has 0 heterocycles. The second-order valence-electron chi connectivity index (χ2n) is 4.32. The summed E-state index contributed by atoms with van der Waals surface area (Å²) >= 11 is 1.85. The number of rotatable bonds is 3. The zero-order valence-electron chi connectivity index (χ0n) is 9.37. The van der Waals surface area contributed by atoms with E-state index in [0.29, 0.717) is 22.0 Å². The van der Waals surface area contributed by atoms with E-state index in [1.54, 1.807) is 0 Å². The van der Waals surface area contributed by atoms with E-state index >= 15 is 0 Å². The first kappa shape index (κ1) is 13.3. The highest BCUT2D eigenvalue weighted by molar-refractivity contribution is 14.1. The topological polar surface area (TPSA) is 66.4 Å². The Morgan fingerprint density at radius 3 is 2.50 bits per heavy atom. The van der Waals surface area contributed by atoms with Gasteiger partial charge in [-0.1, -0.05) is 0 Å². The Balaban J connectivity index is 2.19. The van der Waals surface area contributed by atoms with Crippen molar-refractivity contribution in [3.05, 3.63) is 33.1 Å². The number of hydrogen-bond donors (Lipinski definition) is 2. The number of hydrogen-bond acceptors (Lipinski definition) is 2. The highest BCUT2D eigenvalue weighted by Crippen LogP contribution is 2.32. The molecule has 0 radical (unpaired) electrons. The second kappa shape index (κ2) is 4.83. The van der Waals surface area contributed by atoms with E-state index in [9.17, 15) is 14.0 Å². The highest BCUT2D eigenvalue weighted by Gasteiger charge is 2.45. The van der Waals surface area contributed by atoms with Gasteiger partial charge in [0.05, 0.1) is 5.56 Å². The van der Waals surface area contributed by atoms with E-state index < -0.39 is 23.2 Å². The highest BCUT2D eigenvalue weighted by atomic mass is 127. The molecule has 1 aliphatic rings. The predicted octanol–water partition coefficient (Wildman–Crippen LogP) is 2.17. The van der Waals surface area contributed by atoms with Gasteiger partial charge in [0, 0.05) is 3.57 Å². The van der Waals surface area contributed by atoms with Gasteiger partial charge in [0.25, 0.3) is 5.91 Å². The van der Waals surface area contributed by atoms with Gasteiger partial charge in [-0.05, 0) is 60.1 Å². The van der Waals surface area contributed by atoms with Crippen LogP contribution in [-0.4, -0.2) is 22.5 Å². The summed E-state index contributed by atoms with van der Waals surface area (Å²) in [6.07, 6.45) is 1.66. The molecule has 2 N–H and O–H groups in total. The standard InChI is InChI=1S/C12H11FINO3/c13-7-2-3-8(9(14)6-7)10(16)15-12(11(17)18)4-1-5-12/h2-3,6H,1,4-5H2,(H,15,16)(H,17,18). The van der Waals surface area contributed by atoms with Crippen molar-refractivity contribution < 1.29 is 19.1 Å². The molecule has 96 valence electrons. The lowest BCUT2D eigenvalue weighted by atomic mass is 9.76. The van der Waals surface area contributed by atoms with Crippen LogP contribution in [0.25, 0.3) is 0 Å². The number of carboxylic acids is 1. The van der Waals surface area contributed by atoms with E-state index in [0.717, 1.165) is 6.42 Å². The summed E-state index contributed by atoms with van der Waals surface area (Å²) in [6.45, 7) is 0. The molecule has 1 amide bonds. The molecule has 2 rings (SSSR count). The van der Waals surface area contributed by atoms with E-state index in [1.165, 1.54) is 18.2 Å². The lowest BCUT2D eigenvalue weighted by Crippen LogP contribution is -2.59. The number of amides is 1. The fourth-order valence-electron chi connectivity index (χ4n) is 1.88. The normalized spacial score (nSPS) is 16.8. The molecule has 0 spiro atoms. The minimum absolute atomic E-state index is 0.296. The van der Waals surface area contributed by atoms with Gasteiger partial charge in [-0.15, -0.1) is 0 Å². The summed E-state index contributed by atoms with van der Waals surface area (Å²) in [5.41, 5.74) is -0.848. The molecule has 0 aromatic heterocycles. The number of aliphatic carboxylic acids is 1. The average Bonchev–Trinajstić information content (AvgIpc) is 2.22. The quantitative estimate of drug-likeness (QED) is 0.809. The van der Waals surface area contributed by atoms with Crippen molar-refractivity contribution in [2.45, 2.75) is 24.8 Å². The van der Waals surface area contributed by atoms with Crippen LogP contribution in [0.5, 0.6) is 0 Å². The summed E-state index contributed by atoms with van der Waals surface area (Å²) < 4.78 is 13.4. The molecule has 1 aromatic rings. The number of nitrogens with one attached hydrogen (secondary N) is 1. The third kappa shape index (κ3) is 2.33. The van der Waals surface area contributed by atoms with Crippen LogP contribution in [0.15, 0.2) is 18.2 Å². The molecule has 0 bridgehead atoms. The number of benzene rings is 1. The van der Waals surface area contributed by atoms with E-state index in [2.05, 4.69) is 5.32 Å². The fraction of sp³-hybridized carbons (Fsp3) is 0.333. The van der Waals surface area contributed by atoms with Crippen molar-refractivity contribution in [2.75, 3.05) is 0 Å². The molecule has 6 heteroatoms. The van der Waals surface area contributed by atoms with Crippen LogP contribution in [-0.2, 0) is 4.79 Å². The van der Waals surface area contributed by atoms with Crippen LogP contribution in [0.3, 0.4) is 0 Å². The van der Waals surface area contributed by atoms with E-state index in [-0.39, 0.29) is 0 Å². The van der Waals surface area contributed by atoms with Crippen molar-refractivity contribution in [1.29, 1.82) is 0 Å². The minimum atomic E-state index is -1.14. The third-order valence-corrected chi connectivity index (χ3v) is 4.04. The maximum absolute atomic E-state index is 12.9. The lowest BCUT2D eigenvalue weighted by molar-refractivity contribution is -0.148. The molecule has 18 heavy (non-hydrogen) atoms. The summed E-state index contributed by atoms with van der Waals surface area (Å²) in [4.78, 5) is 23.1. The number of carbonyl (C=O) groups is 2. The SMILES string of the molecule is O=C(NC1(C(=O)O)CCC1)c1ccc(F)cc1I. The Labute approximate surface area is 117 Å². The van der Waals surface area contributed by atoms with Gasteiger partial charge in [0.15, 0.2) is 0 Å². The number of halogens is 2. The molecule has 4 nitrogen and oxygen atoms in total.